The maximum Gasteiger partial charge on any atom is 0.416 e. The predicted octanol–water partition coefficient (Wildman–Crippen LogP) is 8.76. The molecule has 0 radical (unpaired) electrons. The van der Waals surface area contributed by atoms with Crippen LogP contribution in [0.3, 0.4) is 0 Å². The molecule has 8 nitrogen and oxygen atoms in total. The van der Waals surface area contributed by atoms with Gasteiger partial charge in [0.1, 0.15) is 0 Å². The van der Waals surface area contributed by atoms with E-state index in [1.165, 1.54) is 31.3 Å². The summed E-state index contributed by atoms with van der Waals surface area (Å²) in [4.78, 5) is 29.1. The molecule has 0 N–H and O–H groups in total. The van der Waals surface area contributed by atoms with E-state index in [2.05, 4.69) is 0 Å². The molecule has 14 heteroatoms. The van der Waals surface area contributed by atoms with Crippen molar-refractivity contribution in [3.05, 3.63) is 52.6 Å². The molecule has 0 fully saturated rings. The fourth-order valence-corrected chi connectivity index (χ4v) is 5.30. The Morgan fingerprint density at radius 1 is 0.867 bits per heavy atom. The number of alkyl halides is 6. The number of rotatable bonds is 11. The second kappa shape index (κ2) is 15.0. The average Bonchev–Trinajstić information content (AvgIpc) is 2.97. The van der Waals surface area contributed by atoms with E-state index in [9.17, 15) is 35.9 Å². The molecule has 0 bridgehead atoms. The Balaban J connectivity index is 2.18. The van der Waals surface area contributed by atoms with Crippen LogP contribution in [0.15, 0.2) is 30.3 Å². The van der Waals surface area contributed by atoms with Gasteiger partial charge < -0.3 is 18.9 Å². The fraction of sp³-hybridized carbons (Fsp3) is 0.548. The minimum Gasteiger partial charge on any atom is -0.493 e. The van der Waals surface area contributed by atoms with Crippen LogP contribution in [0.2, 0.25) is 0 Å². The summed E-state index contributed by atoms with van der Waals surface area (Å²) in [6, 6.07) is 2.66. The second-order valence-electron chi connectivity index (χ2n) is 10.7. The smallest absolute Gasteiger partial charge is 0.416 e. The van der Waals surface area contributed by atoms with Crippen molar-refractivity contribution in [2.75, 3.05) is 32.3 Å². The third-order valence-electron chi connectivity index (χ3n) is 7.46. The number of hydrogen-bond acceptors (Lipinski definition) is 6. The van der Waals surface area contributed by atoms with Crippen LogP contribution in [0.5, 0.6) is 11.5 Å². The number of carbonyl (C=O) groups excluding carboxylic acids is 2. The number of methoxy groups -OCH3 is 2. The molecule has 0 spiro atoms. The average molecular weight is 649 g/mol. The van der Waals surface area contributed by atoms with E-state index in [0.717, 1.165) is 24.2 Å². The lowest BCUT2D eigenvalue weighted by atomic mass is 9.90. The van der Waals surface area contributed by atoms with Crippen LogP contribution in [-0.4, -0.2) is 50.6 Å². The summed E-state index contributed by atoms with van der Waals surface area (Å²) >= 11 is 0. The maximum atomic E-state index is 13.7. The lowest BCUT2D eigenvalue weighted by Crippen LogP contribution is -2.47. The highest BCUT2D eigenvalue weighted by atomic mass is 19.4. The summed E-state index contributed by atoms with van der Waals surface area (Å²) < 4.78 is 104. The summed E-state index contributed by atoms with van der Waals surface area (Å²) in [5, 5.41) is 0. The van der Waals surface area contributed by atoms with E-state index in [-0.39, 0.29) is 42.9 Å². The minimum absolute atomic E-state index is 0.00173. The van der Waals surface area contributed by atoms with Gasteiger partial charge in [-0.1, -0.05) is 26.2 Å². The summed E-state index contributed by atoms with van der Waals surface area (Å²) in [5.41, 5.74) is -2.79. The summed E-state index contributed by atoms with van der Waals surface area (Å²) in [6.07, 6.45) is -8.60. The monoisotopic (exact) mass is 648 g/mol. The van der Waals surface area contributed by atoms with Crippen molar-refractivity contribution in [2.45, 2.75) is 83.9 Å². The molecule has 1 heterocycles. The zero-order valence-electron chi connectivity index (χ0n) is 25.8. The van der Waals surface area contributed by atoms with Gasteiger partial charge in [0.25, 0.3) is 0 Å². The molecule has 0 saturated carbocycles. The zero-order valence-corrected chi connectivity index (χ0v) is 25.8. The molecule has 2 amide bonds. The molecule has 1 aliphatic heterocycles. The first-order valence-electron chi connectivity index (χ1n) is 14.6. The molecule has 0 aromatic heterocycles. The van der Waals surface area contributed by atoms with Gasteiger partial charge in [-0.25, -0.2) is 9.59 Å². The van der Waals surface area contributed by atoms with Crippen molar-refractivity contribution < 1.29 is 54.9 Å². The SMILES string of the molecule is CCCCCCOC(=O)N(Cc1cc(C(F)(F)F)cc(C(F)(F)F)c1)[C@@H]1C[C@H](C)N(C(=O)OCC)c2cc(OC)c(OC)cc21. The Kier molecular flexibility index (Phi) is 11.8. The van der Waals surface area contributed by atoms with E-state index in [1.807, 2.05) is 6.92 Å². The number of unbranched alkanes of at least 4 members (excludes halogenated alkanes) is 3. The van der Waals surface area contributed by atoms with E-state index >= 15 is 0 Å². The molecule has 2 aromatic rings. The number of fused-ring (bicyclic) bond motifs is 1. The highest BCUT2D eigenvalue weighted by molar-refractivity contribution is 5.91. The first-order valence-corrected chi connectivity index (χ1v) is 14.6. The van der Waals surface area contributed by atoms with Crippen LogP contribution < -0.4 is 14.4 Å². The van der Waals surface area contributed by atoms with Crippen molar-refractivity contribution >= 4 is 17.9 Å². The molecular formula is C31H38F6N2O6. The van der Waals surface area contributed by atoms with Crippen LogP contribution in [-0.2, 0) is 28.4 Å². The first-order chi connectivity index (χ1) is 21.2. The van der Waals surface area contributed by atoms with Gasteiger partial charge in [0.2, 0.25) is 0 Å². The summed E-state index contributed by atoms with van der Waals surface area (Å²) in [5.74, 6) is 0.474. The van der Waals surface area contributed by atoms with Gasteiger partial charge in [0.15, 0.2) is 11.5 Å². The largest absolute Gasteiger partial charge is 0.493 e. The van der Waals surface area contributed by atoms with Gasteiger partial charge >= 0.3 is 24.5 Å². The van der Waals surface area contributed by atoms with E-state index < -0.39 is 59.9 Å². The Morgan fingerprint density at radius 2 is 1.47 bits per heavy atom. The number of carbonyl (C=O) groups is 2. The number of benzene rings is 2. The normalized spacial score (nSPS) is 16.6. The first kappa shape index (κ1) is 35.6. The van der Waals surface area contributed by atoms with Crippen LogP contribution in [0.1, 0.15) is 81.2 Å². The topological polar surface area (TPSA) is 77.5 Å². The molecule has 3 rings (SSSR count). The summed E-state index contributed by atoms with van der Waals surface area (Å²) in [6.45, 7) is 4.74. The third-order valence-corrected chi connectivity index (χ3v) is 7.46. The summed E-state index contributed by atoms with van der Waals surface area (Å²) in [7, 11) is 2.76. The third kappa shape index (κ3) is 8.66. The Morgan fingerprint density at radius 3 is 2.00 bits per heavy atom. The van der Waals surface area contributed by atoms with Gasteiger partial charge in [-0.2, -0.15) is 26.3 Å². The van der Waals surface area contributed by atoms with Gasteiger partial charge in [-0.3, -0.25) is 9.80 Å². The number of amides is 2. The van der Waals surface area contributed by atoms with E-state index in [1.54, 1.807) is 13.8 Å². The highest BCUT2D eigenvalue weighted by Gasteiger charge is 2.42. The second-order valence-corrected chi connectivity index (χ2v) is 10.7. The van der Waals surface area contributed by atoms with Crippen LogP contribution in [0, 0.1) is 0 Å². The predicted molar refractivity (Wildman–Crippen MR) is 153 cm³/mol. The Hall–Kier alpha value is -3.84. The molecule has 2 atom stereocenters. The number of hydrogen-bond donors (Lipinski definition) is 0. The van der Waals surface area contributed by atoms with Crippen molar-refractivity contribution in [2.24, 2.45) is 0 Å². The quantitative estimate of drug-likeness (QED) is 0.179. The van der Waals surface area contributed by atoms with Crippen molar-refractivity contribution in [1.29, 1.82) is 0 Å². The van der Waals surface area contributed by atoms with Gasteiger partial charge in [-0.05, 0) is 56.5 Å². The lowest BCUT2D eigenvalue weighted by Gasteiger charge is -2.43. The zero-order chi connectivity index (χ0) is 33.5. The molecule has 0 aliphatic carbocycles. The number of anilines is 1. The van der Waals surface area contributed by atoms with E-state index in [0.29, 0.717) is 24.1 Å². The van der Waals surface area contributed by atoms with Crippen molar-refractivity contribution in [3.8, 4) is 11.5 Å². The molecule has 1 aliphatic rings. The van der Waals surface area contributed by atoms with Gasteiger partial charge in [0.05, 0.1) is 50.3 Å². The maximum absolute atomic E-state index is 13.7. The molecule has 45 heavy (non-hydrogen) atoms. The van der Waals surface area contributed by atoms with Crippen LogP contribution in [0.4, 0.5) is 41.6 Å². The minimum atomic E-state index is -5.07. The number of ether oxygens (including phenoxy) is 4. The standard InChI is InChI=1S/C31H38F6N2O6/c1-6-8-9-10-11-45-28(40)38(18-20-13-21(30(32,33)34)15-22(14-20)31(35,36)37)24-12-19(3)39(29(41)44-7-2)25-17-27(43-5)26(42-4)16-23(24)25/h13-17,19,24H,6-12,18H2,1-5H3/t19-,24+/m0/s1. The molecule has 250 valence electrons. The number of nitrogens with zero attached hydrogens (tertiary/aromatic N) is 2. The lowest BCUT2D eigenvalue weighted by molar-refractivity contribution is -0.143. The molecule has 2 aromatic carbocycles. The number of halogens is 6. The van der Waals surface area contributed by atoms with E-state index in [4.69, 9.17) is 18.9 Å². The van der Waals surface area contributed by atoms with Crippen molar-refractivity contribution in [1.82, 2.24) is 4.90 Å². The highest BCUT2D eigenvalue weighted by Crippen LogP contribution is 2.47. The van der Waals surface area contributed by atoms with Crippen LogP contribution >= 0.6 is 0 Å². The van der Waals surface area contributed by atoms with Crippen LogP contribution in [0.25, 0.3) is 0 Å². The Labute approximate surface area is 258 Å². The molecule has 0 saturated heterocycles. The molecule has 0 unspecified atom stereocenters. The fourth-order valence-electron chi connectivity index (χ4n) is 5.30. The van der Waals surface area contributed by atoms with Gasteiger partial charge in [0, 0.05) is 24.2 Å². The molecular weight excluding hydrogens is 610 g/mol. The van der Waals surface area contributed by atoms with Gasteiger partial charge in [-0.15, -0.1) is 0 Å². The Bertz CT molecular complexity index is 1300. The van der Waals surface area contributed by atoms with Crippen molar-refractivity contribution in [3.63, 3.8) is 0 Å².